The van der Waals surface area contributed by atoms with Crippen LogP contribution in [-0.2, 0) is 9.59 Å². The fourth-order valence-electron chi connectivity index (χ4n) is 4.26. The summed E-state index contributed by atoms with van der Waals surface area (Å²) < 4.78 is 0. The highest BCUT2D eigenvalue weighted by molar-refractivity contribution is 5.86. The van der Waals surface area contributed by atoms with Gasteiger partial charge >= 0.3 is 5.97 Å². The van der Waals surface area contributed by atoms with E-state index in [0.29, 0.717) is 19.3 Å². The van der Waals surface area contributed by atoms with Gasteiger partial charge in [0.1, 0.15) is 0 Å². The van der Waals surface area contributed by atoms with Crippen molar-refractivity contribution < 1.29 is 14.7 Å². The summed E-state index contributed by atoms with van der Waals surface area (Å²) in [6.45, 7) is 22.9. The van der Waals surface area contributed by atoms with Gasteiger partial charge in [0.2, 0.25) is 5.91 Å². The summed E-state index contributed by atoms with van der Waals surface area (Å²) in [7, 11) is 1.98. The highest BCUT2D eigenvalue weighted by atomic mass is 16.4. The van der Waals surface area contributed by atoms with E-state index >= 15 is 0 Å². The zero-order valence-electron chi connectivity index (χ0n) is 22.4. The minimum atomic E-state index is -0.784. The minimum Gasteiger partial charge on any atom is -0.481 e. The maximum Gasteiger partial charge on any atom is 0.306 e. The average Bonchev–Trinajstić information content (AvgIpc) is 2.76. The van der Waals surface area contributed by atoms with E-state index in [1.54, 1.807) is 6.92 Å². The highest BCUT2D eigenvalue weighted by Gasteiger charge is 2.38. The van der Waals surface area contributed by atoms with E-state index < -0.39 is 17.4 Å². The largest absolute Gasteiger partial charge is 0.481 e. The normalized spacial score (nSPS) is 16.7. The Morgan fingerprint density at radius 3 is 1.91 bits per heavy atom. The molecule has 0 aromatic heterocycles. The number of aliphatic carboxylic acids is 1. The van der Waals surface area contributed by atoms with Crippen LogP contribution in [0.1, 0.15) is 94.4 Å². The number of carboxylic acids is 1. The first-order chi connectivity index (χ1) is 14.8. The summed E-state index contributed by atoms with van der Waals surface area (Å²) >= 11 is 0. The van der Waals surface area contributed by atoms with Crippen molar-refractivity contribution in [3.63, 3.8) is 0 Å². The van der Waals surface area contributed by atoms with Gasteiger partial charge in [0.15, 0.2) is 0 Å². The molecule has 5 atom stereocenters. The van der Waals surface area contributed by atoms with Gasteiger partial charge in [-0.1, -0.05) is 68.4 Å². The van der Waals surface area contributed by atoms with Crippen LogP contribution in [0.4, 0.5) is 0 Å². The van der Waals surface area contributed by atoms with Crippen molar-refractivity contribution in [2.45, 2.75) is 118 Å². The summed E-state index contributed by atoms with van der Waals surface area (Å²) in [5, 5.41) is 16.3. The van der Waals surface area contributed by atoms with Crippen molar-refractivity contribution in [1.82, 2.24) is 15.5 Å². The van der Waals surface area contributed by atoms with Crippen LogP contribution in [0.25, 0.3) is 0 Å². The molecule has 0 fully saturated rings. The molecule has 0 aromatic carbocycles. The van der Waals surface area contributed by atoms with Gasteiger partial charge in [-0.25, -0.2) is 0 Å². The Morgan fingerprint density at radius 1 is 1.00 bits per heavy atom. The van der Waals surface area contributed by atoms with Gasteiger partial charge in [-0.3, -0.25) is 9.59 Å². The molecule has 0 aliphatic rings. The summed E-state index contributed by atoms with van der Waals surface area (Å²) in [5.74, 6) is -0.754. The zero-order valence-corrected chi connectivity index (χ0v) is 22.4. The Labute approximate surface area is 197 Å². The van der Waals surface area contributed by atoms with Crippen LogP contribution in [0.15, 0.2) is 12.3 Å². The monoisotopic (exact) mass is 453 g/mol. The predicted molar refractivity (Wildman–Crippen MR) is 135 cm³/mol. The molecule has 5 unspecified atom stereocenters. The van der Waals surface area contributed by atoms with Crippen LogP contribution in [0, 0.1) is 17.8 Å². The molecule has 0 heterocycles. The zero-order chi connectivity index (χ0) is 25.2. The van der Waals surface area contributed by atoms with Crippen molar-refractivity contribution in [2.75, 3.05) is 7.05 Å². The molecule has 32 heavy (non-hydrogen) atoms. The van der Waals surface area contributed by atoms with E-state index in [1.807, 2.05) is 7.05 Å². The lowest BCUT2D eigenvalue weighted by atomic mass is 9.87. The van der Waals surface area contributed by atoms with Gasteiger partial charge < -0.3 is 20.6 Å². The van der Waals surface area contributed by atoms with Crippen molar-refractivity contribution >= 4 is 11.9 Å². The van der Waals surface area contributed by atoms with Gasteiger partial charge in [-0.15, -0.1) is 0 Å². The first-order valence-corrected chi connectivity index (χ1v) is 12.5. The standard InChI is InChI=1S/C26H51N3O3/c1-12-18(7)23(27-25(32)26(14-3,15-4)28-20(9)13-2)21(10)29(11)22(17(5)6)16-19(8)24(30)31/h17-20,22-23,28H,10,12-16H2,1-9,11H3,(H,27,32)(H,30,31). The number of carboxylic acid groups (broad SMARTS) is 1. The molecule has 0 spiro atoms. The summed E-state index contributed by atoms with van der Waals surface area (Å²) in [4.78, 5) is 27.2. The molecule has 0 saturated carbocycles. The lowest BCUT2D eigenvalue weighted by Crippen LogP contribution is -2.61. The molecule has 6 nitrogen and oxygen atoms in total. The Kier molecular flexibility index (Phi) is 13.2. The van der Waals surface area contributed by atoms with Crippen LogP contribution in [0.2, 0.25) is 0 Å². The number of carbonyl (C=O) groups is 2. The fraction of sp³-hybridized carbons (Fsp3) is 0.846. The van der Waals surface area contributed by atoms with E-state index in [2.05, 4.69) is 77.5 Å². The number of carbonyl (C=O) groups excluding carboxylic acids is 1. The Bertz CT molecular complexity index is 601. The minimum absolute atomic E-state index is 0.0163. The molecule has 0 aliphatic heterocycles. The maximum atomic E-state index is 13.6. The molecule has 0 aliphatic carbocycles. The Balaban J connectivity index is 5.86. The van der Waals surface area contributed by atoms with Gasteiger partial charge in [0.05, 0.1) is 17.5 Å². The molecule has 188 valence electrons. The number of amides is 1. The SMILES string of the molecule is C=C(C(NC(=O)C(CC)(CC)NC(C)CC)C(C)CC)N(C)C(CC(C)C(=O)O)C(C)C. The Morgan fingerprint density at radius 2 is 1.53 bits per heavy atom. The second-order valence-electron chi connectivity index (χ2n) is 9.97. The Hall–Kier alpha value is -1.56. The van der Waals surface area contributed by atoms with E-state index in [1.165, 1.54) is 0 Å². The third-order valence-corrected chi connectivity index (χ3v) is 7.37. The van der Waals surface area contributed by atoms with Crippen LogP contribution in [0.5, 0.6) is 0 Å². The van der Waals surface area contributed by atoms with Crippen LogP contribution >= 0.6 is 0 Å². The second-order valence-corrected chi connectivity index (χ2v) is 9.97. The molecular formula is C26H51N3O3. The van der Waals surface area contributed by atoms with E-state index in [0.717, 1.165) is 18.5 Å². The molecular weight excluding hydrogens is 402 g/mol. The number of rotatable bonds is 16. The first-order valence-electron chi connectivity index (χ1n) is 12.5. The van der Waals surface area contributed by atoms with E-state index in [-0.39, 0.29) is 35.9 Å². The molecule has 6 heteroatoms. The van der Waals surface area contributed by atoms with E-state index in [9.17, 15) is 14.7 Å². The number of hydrogen-bond donors (Lipinski definition) is 3. The molecule has 0 radical (unpaired) electrons. The third-order valence-electron chi connectivity index (χ3n) is 7.37. The van der Waals surface area contributed by atoms with Gasteiger partial charge in [0.25, 0.3) is 0 Å². The van der Waals surface area contributed by atoms with Crippen LogP contribution in [0.3, 0.4) is 0 Å². The van der Waals surface area contributed by atoms with Gasteiger partial charge in [-0.2, -0.15) is 0 Å². The maximum absolute atomic E-state index is 13.6. The summed E-state index contributed by atoms with van der Waals surface area (Å²) in [6, 6.07) is 0.0592. The van der Waals surface area contributed by atoms with Crippen molar-refractivity contribution in [2.24, 2.45) is 17.8 Å². The van der Waals surface area contributed by atoms with Gasteiger partial charge in [-0.05, 0) is 44.4 Å². The molecule has 0 bridgehead atoms. The number of hydrogen-bond acceptors (Lipinski definition) is 4. The summed E-state index contributed by atoms with van der Waals surface area (Å²) in [6.07, 6.45) is 3.81. The fourth-order valence-corrected chi connectivity index (χ4v) is 4.26. The topological polar surface area (TPSA) is 81.7 Å². The number of likely N-dealkylation sites (N-methyl/N-ethyl adjacent to an activating group) is 1. The lowest BCUT2D eigenvalue weighted by Gasteiger charge is -2.42. The molecule has 1 amide bonds. The molecule has 0 rings (SSSR count). The van der Waals surface area contributed by atoms with Crippen molar-refractivity contribution in [1.29, 1.82) is 0 Å². The van der Waals surface area contributed by atoms with Crippen LogP contribution in [-0.4, -0.2) is 52.6 Å². The van der Waals surface area contributed by atoms with Crippen LogP contribution < -0.4 is 10.6 Å². The first kappa shape index (κ1) is 30.4. The van der Waals surface area contributed by atoms with E-state index in [4.69, 9.17) is 0 Å². The summed E-state index contributed by atoms with van der Waals surface area (Å²) in [5.41, 5.74) is 0.226. The molecule has 0 saturated heterocycles. The highest BCUT2D eigenvalue weighted by Crippen LogP contribution is 2.27. The smallest absolute Gasteiger partial charge is 0.306 e. The second kappa shape index (κ2) is 13.9. The van der Waals surface area contributed by atoms with Crippen molar-refractivity contribution in [3.8, 4) is 0 Å². The molecule has 0 aromatic rings. The quantitative estimate of drug-likeness (QED) is 0.305. The lowest BCUT2D eigenvalue weighted by molar-refractivity contribution is -0.141. The predicted octanol–water partition coefficient (Wildman–Crippen LogP) is 5.05. The number of nitrogens with zero attached hydrogens (tertiary/aromatic N) is 1. The van der Waals surface area contributed by atoms with Gasteiger partial charge in [0, 0.05) is 24.8 Å². The average molecular weight is 454 g/mol. The van der Waals surface area contributed by atoms with Crippen molar-refractivity contribution in [3.05, 3.63) is 12.3 Å². The molecule has 3 N–H and O–H groups in total. The number of nitrogens with one attached hydrogen (secondary N) is 2. The third kappa shape index (κ3) is 8.09.